The predicted octanol–water partition coefficient (Wildman–Crippen LogP) is 2.51. The third-order valence-electron chi connectivity index (χ3n) is 4.20. The molecule has 5 heteroatoms. The van der Waals surface area contributed by atoms with E-state index < -0.39 is 0 Å². The highest BCUT2D eigenvalue weighted by molar-refractivity contribution is 5.82. The van der Waals surface area contributed by atoms with Crippen LogP contribution in [0.4, 0.5) is 5.82 Å². The number of hydrogen-bond donors (Lipinski definition) is 0. The van der Waals surface area contributed by atoms with Crippen molar-refractivity contribution >= 4 is 22.5 Å². The predicted molar refractivity (Wildman–Crippen MR) is 78.9 cm³/mol. The normalized spacial score (nSPS) is 17.1. The van der Waals surface area contributed by atoms with Crippen molar-refractivity contribution in [2.45, 2.75) is 19.8 Å². The summed E-state index contributed by atoms with van der Waals surface area (Å²) in [7, 11) is 0. The minimum Gasteiger partial charge on any atom is -0.353 e. The number of nitrogens with zero attached hydrogens (tertiary/aromatic N) is 5. The first-order valence-electron chi connectivity index (χ1n) is 7.16. The van der Waals surface area contributed by atoms with Crippen molar-refractivity contribution in [1.29, 1.82) is 0 Å². The van der Waals surface area contributed by atoms with Gasteiger partial charge in [0.1, 0.15) is 6.33 Å². The second-order valence-electron chi connectivity index (χ2n) is 5.62. The molecule has 3 aromatic rings. The number of anilines is 1. The van der Waals surface area contributed by atoms with Gasteiger partial charge in [-0.3, -0.25) is 4.40 Å². The van der Waals surface area contributed by atoms with Crippen LogP contribution in [0.15, 0.2) is 30.6 Å². The smallest absolute Gasteiger partial charge is 0.204 e. The van der Waals surface area contributed by atoms with Crippen LogP contribution < -0.4 is 4.90 Å². The third-order valence-corrected chi connectivity index (χ3v) is 4.20. The van der Waals surface area contributed by atoms with E-state index in [4.69, 9.17) is 4.98 Å². The molecule has 0 aliphatic carbocycles. The first kappa shape index (κ1) is 11.6. The van der Waals surface area contributed by atoms with Crippen molar-refractivity contribution in [3.63, 3.8) is 0 Å². The van der Waals surface area contributed by atoms with Gasteiger partial charge in [-0.2, -0.15) is 0 Å². The molecule has 1 aliphatic rings. The number of benzene rings is 1. The average Bonchev–Trinajstić information content (AvgIpc) is 2.97. The molecule has 0 unspecified atom stereocenters. The number of rotatable bonds is 1. The molecule has 5 nitrogen and oxygen atoms in total. The molecule has 0 amide bonds. The maximum atomic E-state index is 4.83. The number of fused-ring (bicyclic) bond motifs is 3. The minimum absolute atomic E-state index is 0.806. The Labute approximate surface area is 117 Å². The van der Waals surface area contributed by atoms with Gasteiger partial charge in [-0.1, -0.05) is 19.1 Å². The fourth-order valence-electron chi connectivity index (χ4n) is 2.92. The molecule has 1 saturated heterocycles. The van der Waals surface area contributed by atoms with Crippen LogP contribution in [0.25, 0.3) is 16.7 Å². The molecule has 2 aromatic heterocycles. The topological polar surface area (TPSA) is 46.3 Å². The summed E-state index contributed by atoms with van der Waals surface area (Å²) >= 11 is 0. The van der Waals surface area contributed by atoms with E-state index in [9.17, 15) is 0 Å². The zero-order valence-electron chi connectivity index (χ0n) is 11.5. The first-order valence-corrected chi connectivity index (χ1v) is 7.16. The molecule has 0 N–H and O–H groups in total. The van der Waals surface area contributed by atoms with Crippen molar-refractivity contribution < 1.29 is 0 Å². The number of hydrogen-bond acceptors (Lipinski definition) is 4. The van der Waals surface area contributed by atoms with Gasteiger partial charge in [-0.15, -0.1) is 10.2 Å². The van der Waals surface area contributed by atoms with Gasteiger partial charge in [0, 0.05) is 13.1 Å². The van der Waals surface area contributed by atoms with Crippen molar-refractivity contribution in [2.75, 3.05) is 18.0 Å². The molecule has 0 spiro atoms. The molecule has 0 saturated carbocycles. The Hall–Kier alpha value is -2.17. The Bertz CT molecular complexity index is 755. The third kappa shape index (κ3) is 1.73. The van der Waals surface area contributed by atoms with Gasteiger partial charge in [-0.05, 0) is 30.9 Å². The molecule has 0 bridgehead atoms. The molecule has 1 aliphatic heterocycles. The highest BCUT2D eigenvalue weighted by Gasteiger charge is 2.21. The van der Waals surface area contributed by atoms with Gasteiger partial charge in [0.05, 0.1) is 11.0 Å². The van der Waals surface area contributed by atoms with E-state index in [1.54, 1.807) is 6.33 Å². The van der Waals surface area contributed by atoms with E-state index in [-0.39, 0.29) is 0 Å². The van der Waals surface area contributed by atoms with Gasteiger partial charge in [0.25, 0.3) is 0 Å². The summed E-state index contributed by atoms with van der Waals surface area (Å²) in [6, 6.07) is 8.14. The standard InChI is InChI=1S/C15H17N5/c1-11-6-8-19(9-7-11)14-15-18-16-10-20(15)13-5-3-2-4-12(13)17-14/h2-5,10-11H,6-9H2,1H3. The van der Waals surface area contributed by atoms with Crippen LogP contribution in [0.2, 0.25) is 0 Å². The lowest BCUT2D eigenvalue weighted by atomic mass is 9.99. The maximum absolute atomic E-state index is 4.83. The van der Waals surface area contributed by atoms with Crippen LogP contribution >= 0.6 is 0 Å². The largest absolute Gasteiger partial charge is 0.353 e. The van der Waals surface area contributed by atoms with E-state index in [2.05, 4.69) is 28.1 Å². The lowest BCUT2D eigenvalue weighted by molar-refractivity contribution is 0.437. The lowest BCUT2D eigenvalue weighted by Gasteiger charge is -2.31. The molecule has 1 fully saturated rings. The van der Waals surface area contributed by atoms with Crippen LogP contribution in [-0.2, 0) is 0 Å². The summed E-state index contributed by atoms with van der Waals surface area (Å²) in [4.78, 5) is 7.17. The molecular weight excluding hydrogens is 250 g/mol. The van der Waals surface area contributed by atoms with Crippen LogP contribution in [0.5, 0.6) is 0 Å². The molecule has 3 heterocycles. The van der Waals surface area contributed by atoms with Gasteiger partial charge >= 0.3 is 0 Å². The van der Waals surface area contributed by atoms with E-state index in [0.29, 0.717) is 0 Å². The Morgan fingerprint density at radius 2 is 1.95 bits per heavy atom. The van der Waals surface area contributed by atoms with Crippen molar-refractivity contribution in [3.8, 4) is 0 Å². The van der Waals surface area contributed by atoms with E-state index in [1.807, 2.05) is 22.6 Å². The maximum Gasteiger partial charge on any atom is 0.204 e. The highest BCUT2D eigenvalue weighted by Crippen LogP contribution is 2.26. The van der Waals surface area contributed by atoms with Gasteiger partial charge in [-0.25, -0.2) is 4.98 Å². The number of aromatic nitrogens is 4. The summed E-state index contributed by atoms with van der Waals surface area (Å²) in [5.74, 6) is 1.77. The lowest BCUT2D eigenvalue weighted by Crippen LogP contribution is -2.33. The molecule has 20 heavy (non-hydrogen) atoms. The molecular formula is C15H17N5. The molecule has 102 valence electrons. The Morgan fingerprint density at radius 1 is 1.15 bits per heavy atom. The quantitative estimate of drug-likeness (QED) is 0.679. The molecule has 0 atom stereocenters. The monoisotopic (exact) mass is 267 g/mol. The number of piperidine rings is 1. The SMILES string of the molecule is CC1CCN(c2nc3ccccc3n3cnnc23)CC1. The molecule has 1 aromatic carbocycles. The van der Waals surface area contributed by atoms with Crippen LogP contribution in [-0.4, -0.2) is 32.7 Å². The fourth-order valence-corrected chi connectivity index (χ4v) is 2.92. The summed E-state index contributed by atoms with van der Waals surface area (Å²) in [5, 5.41) is 8.34. The van der Waals surface area contributed by atoms with Crippen molar-refractivity contribution in [2.24, 2.45) is 5.92 Å². The minimum atomic E-state index is 0.806. The first-order chi connectivity index (χ1) is 9.83. The second-order valence-corrected chi connectivity index (χ2v) is 5.62. The summed E-state index contributed by atoms with van der Waals surface area (Å²) in [6.45, 7) is 4.42. The zero-order chi connectivity index (χ0) is 13.5. The molecule has 4 rings (SSSR count). The van der Waals surface area contributed by atoms with Crippen LogP contribution in [0.3, 0.4) is 0 Å². The highest BCUT2D eigenvalue weighted by atomic mass is 15.3. The van der Waals surface area contributed by atoms with Crippen LogP contribution in [0, 0.1) is 5.92 Å². The average molecular weight is 267 g/mol. The van der Waals surface area contributed by atoms with E-state index in [0.717, 1.165) is 41.5 Å². The summed E-state index contributed by atoms with van der Waals surface area (Å²) < 4.78 is 2.04. The van der Waals surface area contributed by atoms with Crippen molar-refractivity contribution in [1.82, 2.24) is 19.6 Å². The summed E-state index contributed by atoms with van der Waals surface area (Å²) in [6.07, 6.45) is 4.21. The van der Waals surface area contributed by atoms with Gasteiger partial charge in [0.15, 0.2) is 5.82 Å². The van der Waals surface area contributed by atoms with Gasteiger partial charge in [0.2, 0.25) is 5.65 Å². The van der Waals surface area contributed by atoms with E-state index in [1.165, 1.54) is 12.8 Å². The Kier molecular flexibility index (Phi) is 2.58. The summed E-state index contributed by atoms with van der Waals surface area (Å²) in [5.41, 5.74) is 2.91. The fraction of sp³-hybridized carbons (Fsp3) is 0.400. The Morgan fingerprint density at radius 3 is 2.80 bits per heavy atom. The van der Waals surface area contributed by atoms with Crippen molar-refractivity contribution in [3.05, 3.63) is 30.6 Å². The van der Waals surface area contributed by atoms with Gasteiger partial charge < -0.3 is 4.90 Å². The van der Waals surface area contributed by atoms with E-state index >= 15 is 0 Å². The number of para-hydroxylation sites is 2. The second kappa shape index (κ2) is 4.44. The zero-order valence-corrected chi connectivity index (χ0v) is 11.5. The molecule has 0 radical (unpaired) electrons. The van der Waals surface area contributed by atoms with Crippen LogP contribution in [0.1, 0.15) is 19.8 Å². The Balaban J connectivity index is 1.90.